The Hall–Kier alpha value is -7.52. The minimum absolute atomic E-state index is 1.10. The molecule has 0 fully saturated rings. The maximum atomic E-state index is 2.36. The van der Waals surface area contributed by atoms with Crippen molar-refractivity contribution in [3.8, 4) is 55.6 Å². The molecule has 282 valence electrons. The monoisotopic (exact) mass is 781 g/mol. The van der Waals surface area contributed by atoms with Crippen molar-refractivity contribution in [3.05, 3.63) is 237 Å². The molecule has 11 aromatic rings. The zero-order chi connectivity index (χ0) is 39.8. The average Bonchev–Trinajstić information content (AvgIpc) is 3.72. The van der Waals surface area contributed by atoms with Gasteiger partial charge in [-0.05, 0) is 121 Å². The van der Waals surface area contributed by atoms with Gasteiger partial charge in [0.2, 0.25) is 0 Å². The minimum atomic E-state index is 1.10. The quantitative estimate of drug-likeness (QED) is 0.148. The van der Waals surface area contributed by atoms with Gasteiger partial charge >= 0.3 is 0 Å². The van der Waals surface area contributed by atoms with E-state index in [1.807, 2.05) is 11.3 Å². The van der Waals surface area contributed by atoms with Gasteiger partial charge in [-0.25, -0.2) is 0 Å². The lowest BCUT2D eigenvalue weighted by Gasteiger charge is -2.26. The van der Waals surface area contributed by atoms with Crippen LogP contribution in [-0.2, 0) is 0 Å². The standard InChI is InChI=1S/C58H39NS/c1-2-10-40(11-3-1)43-26-32-51(33-27-43)59(53-36-30-46(31-37-53)54-17-9-18-56-55-16-6-7-19-57(55)60-58(54)56)52-34-28-44(29-35-52)42-20-22-45(23-21-42)48-14-8-15-49(38-48)50-25-24-41-12-4-5-13-47(41)39-50/h1-39H. The molecule has 1 heterocycles. The van der Waals surface area contributed by atoms with Crippen molar-refractivity contribution < 1.29 is 0 Å². The Balaban J connectivity index is 0.901. The summed E-state index contributed by atoms with van der Waals surface area (Å²) in [6, 6.07) is 86.0. The fourth-order valence-electron chi connectivity index (χ4n) is 8.55. The number of fused-ring (bicyclic) bond motifs is 4. The molecule has 0 saturated heterocycles. The Morgan fingerprint density at radius 1 is 0.267 bits per heavy atom. The van der Waals surface area contributed by atoms with Gasteiger partial charge in [-0.3, -0.25) is 0 Å². The Bertz CT molecular complexity index is 3270. The largest absolute Gasteiger partial charge is 0.311 e. The predicted octanol–water partition coefficient (Wildman–Crippen LogP) is 17.0. The van der Waals surface area contributed by atoms with Gasteiger partial charge in [-0.2, -0.15) is 0 Å². The summed E-state index contributed by atoms with van der Waals surface area (Å²) in [6.07, 6.45) is 0. The molecule has 0 aliphatic heterocycles. The van der Waals surface area contributed by atoms with Gasteiger partial charge in [0, 0.05) is 37.2 Å². The van der Waals surface area contributed by atoms with Crippen LogP contribution in [0.1, 0.15) is 0 Å². The summed E-state index contributed by atoms with van der Waals surface area (Å²) in [5, 5.41) is 5.16. The molecule has 10 aromatic carbocycles. The second kappa shape index (κ2) is 15.3. The van der Waals surface area contributed by atoms with Crippen LogP contribution >= 0.6 is 11.3 Å². The molecule has 60 heavy (non-hydrogen) atoms. The van der Waals surface area contributed by atoms with Gasteiger partial charge in [-0.1, -0.05) is 182 Å². The topological polar surface area (TPSA) is 3.24 Å². The molecule has 0 unspecified atom stereocenters. The number of hydrogen-bond acceptors (Lipinski definition) is 2. The maximum absolute atomic E-state index is 2.36. The Labute approximate surface area is 354 Å². The number of hydrogen-bond donors (Lipinski definition) is 0. The van der Waals surface area contributed by atoms with Crippen molar-refractivity contribution in [1.29, 1.82) is 0 Å². The van der Waals surface area contributed by atoms with E-state index in [0.717, 1.165) is 17.1 Å². The second-order valence-corrected chi connectivity index (χ2v) is 16.4. The molecule has 0 aliphatic carbocycles. The van der Waals surface area contributed by atoms with Crippen molar-refractivity contribution in [1.82, 2.24) is 0 Å². The highest BCUT2D eigenvalue weighted by molar-refractivity contribution is 7.26. The van der Waals surface area contributed by atoms with Crippen LogP contribution in [0.2, 0.25) is 0 Å². The molecule has 0 radical (unpaired) electrons. The lowest BCUT2D eigenvalue weighted by Crippen LogP contribution is -2.09. The number of nitrogens with zero attached hydrogens (tertiary/aromatic N) is 1. The molecule has 1 aromatic heterocycles. The first kappa shape index (κ1) is 35.6. The van der Waals surface area contributed by atoms with Crippen LogP contribution in [0.4, 0.5) is 17.1 Å². The third-order valence-electron chi connectivity index (χ3n) is 11.7. The zero-order valence-corrected chi connectivity index (χ0v) is 33.7. The highest BCUT2D eigenvalue weighted by Gasteiger charge is 2.16. The molecule has 11 rings (SSSR count). The molecule has 0 aliphatic rings. The lowest BCUT2D eigenvalue weighted by molar-refractivity contribution is 1.28. The van der Waals surface area contributed by atoms with E-state index in [2.05, 4.69) is 241 Å². The summed E-state index contributed by atoms with van der Waals surface area (Å²) in [5.41, 5.74) is 15.5. The van der Waals surface area contributed by atoms with Gasteiger partial charge in [-0.15, -0.1) is 11.3 Å². The fourth-order valence-corrected chi connectivity index (χ4v) is 9.79. The predicted molar refractivity (Wildman–Crippen MR) is 259 cm³/mol. The van der Waals surface area contributed by atoms with Gasteiger partial charge in [0.25, 0.3) is 0 Å². The number of benzene rings is 10. The van der Waals surface area contributed by atoms with E-state index >= 15 is 0 Å². The first-order valence-corrected chi connectivity index (χ1v) is 21.3. The summed E-state index contributed by atoms with van der Waals surface area (Å²) in [5.74, 6) is 0. The Morgan fingerprint density at radius 2 is 0.700 bits per heavy atom. The van der Waals surface area contributed by atoms with E-state index in [0.29, 0.717) is 0 Å². The third-order valence-corrected chi connectivity index (χ3v) is 12.9. The Morgan fingerprint density at radius 3 is 1.37 bits per heavy atom. The van der Waals surface area contributed by atoms with Gasteiger partial charge in [0.1, 0.15) is 0 Å². The van der Waals surface area contributed by atoms with Crippen molar-refractivity contribution in [2.75, 3.05) is 4.90 Å². The normalized spacial score (nSPS) is 11.3. The van der Waals surface area contributed by atoms with Crippen LogP contribution < -0.4 is 4.90 Å². The summed E-state index contributed by atoms with van der Waals surface area (Å²) in [7, 11) is 0. The van der Waals surface area contributed by atoms with E-state index in [1.165, 1.54) is 86.6 Å². The highest BCUT2D eigenvalue weighted by Crippen LogP contribution is 2.42. The van der Waals surface area contributed by atoms with E-state index in [1.54, 1.807) is 0 Å². The second-order valence-electron chi connectivity index (χ2n) is 15.3. The summed E-state index contributed by atoms with van der Waals surface area (Å²) >= 11 is 1.88. The molecule has 0 N–H and O–H groups in total. The molecule has 0 atom stereocenters. The van der Waals surface area contributed by atoms with Crippen molar-refractivity contribution >= 4 is 59.3 Å². The molecule has 0 saturated carbocycles. The van der Waals surface area contributed by atoms with E-state index in [9.17, 15) is 0 Å². The van der Waals surface area contributed by atoms with Crippen molar-refractivity contribution in [2.24, 2.45) is 0 Å². The van der Waals surface area contributed by atoms with E-state index in [-0.39, 0.29) is 0 Å². The average molecular weight is 782 g/mol. The smallest absolute Gasteiger partial charge is 0.0462 e. The van der Waals surface area contributed by atoms with Gasteiger partial charge in [0.15, 0.2) is 0 Å². The van der Waals surface area contributed by atoms with Crippen LogP contribution in [0.3, 0.4) is 0 Å². The number of rotatable bonds is 8. The SMILES string of the molecule is c1ccc(-c2ccc(N(c3ccc(-c4ccc(-c5cccc(-c6ccc7ccccc7c6)c5)cc4)cc3)c3ccc(-c4cccc5c4sc4ccccc45)cc3)cc2)cc1. The van der Waals surface area contributed by atoms with Crippen LogP contribution in [0.5, 0.6) is 0 Å². The minimum Gasteiger partial charge on any atom is -0.311 e. The van der Waals surface area contributed by atoms with Crippen LogP contribution in [0, 0.1) is 0 Å². The zero-order valence-electron chi connectivity index (χ0n) is 32.9. The van der Waals surface area contributed by atoms with E-state index in [4.69, 9.17) is 0 Å². The summed E-state index contributed by atoms with van der Waals surface area (Å²) in [6.45, 7) is 0. The third kappa shape index (κ3) is 6.73. The van der Waals surface area contributed by atoms with Crippen LogP contribution in [0.15, 0.2) is 237 Å². The fraction of sp³-hybridized carbons (Fsp3) is 0. The van der Waals surface area contributed by atoms with Crippen LogP contribution in [-0.4, -0.2) is 0 Å². The first-order chi connectivity index (χ1) is 29.7. The lowest BCUT2D eigenvalue weighted by atomic mass is 9.96. The number of anilines is 3. The molecule has 0 amide bonds. The Kier molecular flexibility index (Phi) is 9.11. The number of thiophene rings is 1. The van der Waals surface area contributed by atoms with Gasteiger partial charge < -0.3 is 4.90 Å². The molecular formula is C58H39NS. The van der Waals surface area contributed by atoms with Gasteiger partial charge in [0.05, 0.1) is 0 Å². The van der Waals surface area contributed by atoms with Crippen molar-refractivity contribution in [2.45, 2.75) is 0 Å². The molecular weight excluding hydrogens is 743 g/mol. The van der Waals surface area contributed by atoms with Crippen LogP contribution in [0.25, 0.3) is 86.6 Å². The first-order valence-electron chi connectivity index (χ1n) is 20.5. The summed E-state index contributed by atoms with van der Waals surface area (Å²) < 4.78 is 2.65. The highest BCUT2D eigenvalue weighted by atomic mass is 32.1. The summed E-state index contributed by atoms with van der Waals surface area (Å²) in [4.78, 5) is 2.36. The molecule has 0 spiro atoms. The van der Waals surface area contributed by atoms with Crippen molar-refractivity contribution in [3.63, 3.8) is 0 Å². The molecule has 2 heteroatoms. The maximum Gasteiger partial charge on any atom is 0.0462 e. The van der Waals surface area contributed by atoms with E-state index < -0.39 is 0 Å². The molecule has 1 nitrogen and oxygen atoms in total. The molecule has 0 bridgehead atoms.